The van der Waals surface area contributed by atoms with Crippen LogP contribution in [0.15, 0.2) is 33.2 Å². The first kappa shape index (κ1) is 21.0. The molecule has 3 rings (SSSR count). The van der Waals surface area contributed by atoms with Crippen molar-refractivity contribution >= 4 is 38.8 Å². The molecule has 0 unspecified atom stereocenters. The maximum absolute atomic E-state index is 13.3. The number of hydrogen-bond donors (Lipinski definition) is 2. The summed E-state index contributed by atoms with van der Waals surface area (Å²) >= 11 is 6.57. The summed E-state index contributed by atoms with van der Waals surface area (Å²) in [5.41, 5.74) is -3.65. The first-order chi connectivity index (χ1) is 13.3. The molecule has 0 spiro atoms. The number of nitrogens with zero attached hydrogens (tertiary/aromatic N) is 3. The molecule has 0 saturated carbocycles. The highest BCUT2D eigenvalue weighted by Crippen LogP contribution is 2.32. The van der Waals surface area contributed by atoms with Crippen molar-refractivity contribution in [3.8, 4) is 16.4 Å². The molecule has 3 aromatic rings. The zero-order valence-electron chi connectivity index (χ0n) is 14.1. The van der Waals surface area contributed by atoms with Crippen LogP contribution in [0, 0.1) is 0 Å². The van der Waals surface area contributed by atoms with E-state index in [1.54, 1.807) is 4.98 Å². The second-order valence-electron chi connectivity index (χ2n) is 5.61. The van der Waals surface area contributed by atoms with Gasteiger partial charge in [-0.2, -0.15) is 13.2 Å². The van der Waals surface area contributed by atoms with Gasteiger partial charge in [-0.1, -0.05) is 11.6 Å². The van der Waals surface area contributed by atoms with Crippen molar-refractivity contribution in [3.05, 3.63) is 55.3 Å². The predicted octanol–water partition coefficient (Wildman–Crippen LogP) is 2.09. The van der Waals surface area contributed by atoms with Crippen LogP contribution in [-0.4, -0.2) is 34.2 Å². The molecular weight excluding hydrogens is 459 g/mol. The Balaban J connectivity index is 2.13. The monoisotopic (exact) mass is 467 g/mol. The number of rotatable bonds is 4. The van der Waals surface area contributed by atoms with Crippen molar-refractivity contribution in [1.29, 1.82) is 0 Å². The summed E-state index contributed by atoms with van der Waals surface area (Å²) in [6.07, 6.45) is -4.08. The Morgan fingerprint density at radius 2 is 1.90 bits per heavy atom. The van der Waals surface area contributed by atoms with Gasteiger partial charge in [0, 0.05) is 17.0 Å². The molecule has 3 aromatic heterocycles. The number of alkyl halides is 3. The molecule has 0 aliphatic heterocycles. The molecule has 154 valence electrons. The summed E-state index contributed by atoms with van der Waals surface area (Å²) < 4.78 is 64.9. The molecule has 9 nitrogen and oxygen atoms in total. The molecule has 15 heteroatoms. The topological polar surface area (TPSA) is 127 Å². The number of pyridine rings is 1. The highest BCUT2D eigenvalue weighted by Gasteiger charge is 2.36. The van der Waals surface area contributed by atoms with E-state index in [0.717, 1.165) is 6.26 Å². The first-order valence-electron chi connectivity index (χ1n) is 7.39. The lowest BCUT2D eigenvalue weighted by Crippen LogP contribution is -2.34. The fourth-order valence-electron chi connectivity index (χ4n) is 2.28. The van der Waals surface area contributed by atoms with E-state index in [1.807, 2.05) is 0 Å². The lowest BCUT2D eigenvalue weighted by molar-refractivity contribution is -0.143. The highest BCUT2D eigenvalue weighted by atomic mass is 35.5. The number of thiazole rings is 1. The molecule has 0 saturated heterocycles. The van der Waals surface area contributed by atoms with Gasteiger partial charge in [-0.05, 0) is 12.1 Å². The van der Waals surface area contributed by atoms with E-state index in [4.69, 9.17) is 11.6 Å². The molecule has 0 aliphatic carbocycles. The Morgan fingerprint density at radius 3 is 2.52 bits per heavy atom. The third-order valence-electron chi connectivity index (χ3n) is 3.30. The molecule has 0 bridgehead atoms. The van der Waals surface area contributed by atoms with Crippen LogP contribution < -0.4 is 16.0 Å². The van der Waals surface area contributed by atoms with Gasteiger partial charge in [-0.25, -0.2) is 27.7 Å². The van der Waals surface area contributed by atoms with Gasteiger partial charge in [0.25, 0.3) is 5.56 Å². The average molecular weight is 468 g/mol. The van der Waals surface area contributed by atoms with Gasteiger partial charge in [-0.15, -0.1) is 11.3 Å². The van der Waals surface area contributed by atoms with E-state index in [2.05, 4.69) is 14.7 Å². The lowest BCUT2D eigenvalue weighted by atomic mass is 10.2. The first-order valence-corrected chi connectivity index (χ1v) is 10.5. The van der Waals surface area contributed by atoms with Crippen LogP contribution in [0.3, 0.4) is 0 Å². The SMILES string of the molecule is CS(=O)(=O)Nc1cc(-c2csc(-n3c(C(F)(F)F)cc(=O)[nH]c3=O)n2)cc(Cl)n1. The van der Waals surface area contributed by atoms with Gasteiger partial charge in [0.15, 0.2) is 5.13 Å². The maximum Gasteiger partial charge on any atom is 0.432 e. The number of sulfonamides is 1. The van der Waals surface area contributed by atoms with Crippen molar-refractivity contribution in [3.63, 3.8) is 0 Å². The van der Waals surface area contributed by atoms with Crippen LogP contribution in [0.5, 0.6) is 0 Å². The van der Waals surface area contributed by atoms with E-state index in [-0.39, 0.29) is 38.0 Å². The number of anilines is 1. The molecule has 0 amide bonds. The number of H-pyrrole nitrogens is 1. The van der Waals surface area contributed by atoms with Crippen LogP contribution in [0.4, 0.5) is 19.0 Å². The van der Waals surface area contributed by atoms with E-state index < -0.39 is 33.1 Å². The van der Waals surface area contributed by atoms with Crippen molar-refractivity contribution in [2.24, 2.45) is 0 Å². The van der Waals surface area contributed by atoms with Gasteiger partial charge in [0.1, 0.15) is 16.7 Å². The Morgan fingerprint density at radius 1 is 1.21 bits per heavy atom. The minimum absolute atomic E-state index is 0.0969. The molecule has 0 aromatic carbocycles. The quantitative estimate of drug-likeness (QED) is 0.566. The van der Waals surface area contributed by atoms with E-state index >= 15 is 0 Å². The molecule has 0 atom stereocenters. The summed E-state index contributed by atoms with van der Waals surface area (Å²) in [6.45, 7) is 0. The third kappa shape index (κ3) is 4.83. The van der Waals surface area contributed by atoms with Crippen molar-refractivity contribution in [2.45, 2.75) is 6.18 Å². The smallest absolute Gasteiger partial charge is 0.274 e. The van der Waals surface area contributed by atoms with Crippen LogP contribution >= 0.6 is 22.9 Å². The minimum Gasteiger partial charge on any atom is -0.274 e. The maximum atomic E-state index is 13.3. The summed E-state index contributed by atoms with van der Waals surface area (Å²) in [7, 11) is -3.66. The van der Waals surface area contributed by atoms with Gasteiger partial charge < -0.3 is 0 Å². The van der Waals surface area contributed by atoms with Gasteiger partial charge >= 0.3 is 11.9 Å². The standard InChI is InChI=1S/C14H9ClF3N5O4S2/c1-29(26,27)22-10-3-6(2-9(15)20-10)7-5-28-13(19-7)23-8(14(16,17)18)4-11(24)21-12(23)25/h2-5H,1H3,(H,20,22)(H,21,24,25). The van der Waals surface area contributed by atoms with Gasteiger partial charge in [0.2, 0.25) is 10.0 Å². The normalized spacial score (nSPS) is 12.2. The number of aromatic amines is 1. The van der Waals surface area contributed by atoms with E-state index in [1.165, 1.54) is 17.5 Å². The van der Waals surface area contributed by atoms with Crippen LogP contribution in [0.1, 0.15) is 5.69 Å². The highest BCUT2D eigenvalue weighted by molar-refractivity contribution is 7.92. The average Bonchev–Trinajstić information content (AvgIpc) is 3.00. The fourth-order valence-corrected chi connectivity index (χ4v) is 3.82. The number of halogens is 4. The summed E-state index contributed by atoms with van der Waals surface area (Å²) in [5.74, 6) is -0.123. The molecule has 0 fully saturated rings. The zero-order valence-corrected chi connectivity index (χ0v) is 16.5. The van der Waals surface area contributed by atoms with Crippen LogP contribution in [0.25, 0.3) is 16.4 Å². The molecule has 29 heavy (non-hydrogen) atoms. The Bertz CT molecular complexity index is 1310. The molecular formula is C14H9ClF3N5O4S2. The predicted molar refractivity (Wildman–Crippen MR) is 100 cm³/mol. The number of aromatic nitrogens is 4. The lowest BCUT2D eigenvalue weighted by Gasteiger charge is -2.11. The Kier molecular flexibility index (Phi) is 5.27. The molecule has 3 heterocycles. The van der Waals surface area contributed by atoms with Gasteiger partial charge in [-0.3, -0.25) is 14.5 Å². The largest absolute Gasteiger partial charge is 0.432 e. The van der Waals surface area contributed by atoms with Crippen molar-refractivity contribution in [1.82, 2.24) is 19.5 Å². The van der Waals surface area contributed by atoms with E-state index in [0.29, 0.717) is 11.3 Å². The second kappa shape index (κ2) is 7.27. The van der Waals surface area contributed by atoms with Crippen LogP contribution in [-0.2, 0) is 16.2 Å². The zero-order chi connectivity index (χ0) is 21.6. The van der Waals surface area contributed by atoms with Gasteiger partial charge in [0.05, 0.1) is 11.9 Å². The molecule has 0 aliphatic rings. The Hall–Kier alpha value is -2.71. The van der Waals surface area contributed by atoms with Crippen LogP contribution in [0.2, 0.25) is 5.15 Å². The minimum atomic E-state index is -4.98. The summed E-state index contributed by atoms with van der Waals surface area (Å²) in [4.78, 5) is 32.8. The van der Waals surface area contributed by atoms with E-state index in [9.17, 15) is 31.2 Å². The summed E-state index contributed by atoms with van der Waals surface area (Å²) in [6, 6.07) is 2.83. The third-order valence-corrected chi connectivity index (χ3v) is 4.89. The molecule has 0 radical (unpaired) electrons. The molecule has 2 N–H and O–H groups in total. The second-order valence-corrected chi connectivity index (χ2v) is 8.58. The Labute approximate surface area is 168 Å². The fraction of sp³-hybridized carbons (Fsp3) is 0.143. The van der Waals surface area contributed by atoms with Crippen molar-refractivity contribution in [2.75, 3.05) is 11.0 Å². The van der Waals surface area contributed by atoms with Crippen molar-refractivity contribution < 1.29 is 21.6 Å². The summed E-state index contributed by atoms with van der Waals surface area (Å²) in [5, 5.41) is 0.877. The number of nitrogens with one attached hydrogen (secondary N) is 2. The number of hydrogen-bond acceptors (Lipinski definition) is 7.